The van der Waals surface area contributed by atoms with Crippen LogP contribution in [0.2, 0.25) is 5.02 Å². The fourth-order valence-corrected chi connectivity index (χ4v) is 2.83. The van der Waals surface area contributed by atoms with Crippen molar-refractivity contribution in [1.82, 2.24) is 15.2 Å². The van der Waals surface area contributed by atoms with Gasteiger partial charge in [-0.05, 0) is 12.1 Å². The Morgan fingerprint density at radius 2 is 2.13 bits per heavy atom. The highest BCUT2D eigenvalue weighted by Gasteiger charge is 2.36. The van der Waals surface area contributed by atoms with Crippen molar-refractivity contribution < 1.29 is 14.0 Å². The first-order chi connectivity index (χ1) is 11.1. The number of benzene rings is 1. The van der Waals surface area contributed by atoms with Crippen molar-refractivity contribution in [3.05, 3.63) is 64.7 Å². The van der Waals surface area contributed by atoms with E-state index in [0.717, 1.165) is 12.3 Å². The lowest BCUT2D eigenvalue weighted by molar-refractivity contribution is -0.128. The molecule has 0 radical (unpaired) electrons. The van der Waals surface area contributed by atoms with Gasteiger partial charge in [0.1, 0.15) is 11.9 Å². The zero-order chi connectivity index (χ0) is 16.4. The Balaban J connectivity index is 2.00. The lowest BCUT2D eigenvalue weighted by Crippen LogP contribution is -2.52. The molecule has 5 nitrogen and oxygen atoms in total. The predicted octanol–water partition coefficient (Wildman–Crippen LogP) is 2.19. The molecule has 1 saturated heterocycles. The number of rotatable bonds is 2. The Hall–Kier alpha value is -2.47. The van der Waals surface area contributed by atoms with Crippen molar-refractivity contribution in [3.63, 3.8) is 0 Å². The second kappa shape index (κ2) is 6.34. The SMILES string of the molecule is O=C1NCCN(C(=O)c2cncc(F)c2)[C@H]1c1ccccc1Cl. The van der Waals surface area contributed by atoms with Crippen molar-refractivity contribution >= 4 is 23.4 Å². The summed E-state index contributed by atoms with van der Waals surface area (Å²) in [5.41, 5.74) is 0.626. The first-order valence-electron chi connectivity index (χ1n) is 7.01. The van der Waals surface area contributed by atoms with Gasteiger partial charge in [0, 0.05) is 29.9 Å². The average molecular weight is 334 g/mol. The van der Waals surface area contributed by atoms with E-state index < -0.39 is 17.8 Å². The summed E-state index contributed by atoms with van der Waals surface area (Å²) in [5, 5.41) is 3.12. The quantitative estimate of drug-likeness (QED) is 0.916. The maximum Gasteiger partial charge on any atom is 0.256 e. The van der Waals surface area contributed by atoms with Crippen LogP contribution >= 0.6 is 11.6 Å². The first-order valence-corrected chi connectivity index (χ1v) is 7.39. The molecule has 1 aliphatic heterocycles. The molecule has 1 fully saturated rings. The fourth-order valence-electron chi connectivity index (χ4n) is 2.59. The van der Waals surface area contributed by atoms with Crippen molar-refractivity contribution in [2.45, 2.75) is 6.04 Å². The van der Waals surface area contributed by atoms with E-state index in [9.17, 15) is 14.0 Å². The van der Waals surface area contributed by atoms with Gasteiger partial charge in [0.25, 0.3) is 5.91 Å². The Morgan fingerprint density at radius 1 is 1.35 bits per heavy atom. The van der Waals surface area contributed by atoms with Crippen LogP contribution in [0.3, 0.4) is 0 Å². The van der Waals surface area contributed by atoms with E-state index in [2.05, 4.69) is 10.3 Å². The maximum atomic E-state index is 13.3. The van der Waals surface area contributed by atoms with Crippen LogP contribution < -0.4 is 5.32 Å². The number of carbonyl (C=O) groups excluding carboxylic acids is 2. The summed E-state index contributed by atoms with van der Waals surface area (Å²) in [6, 6.07) is 7.09. The van der Waals surface area contributed by atoms with Crippen LogP contribution in [0, 0.1) is 5.82 Å². The number of pyridine rings is 1. The molecule has 7 heteroatoms. The monoisotopic (exact) mass is 333 g/mol. The van der Waals surface area contributed by atoms with E-state index in [1.165, 1.54) is 11.1 Å². The molecule has 2 heterocycles. The van der Waals surface area contributed by atoms with E-state index in [0.29, 0.717) is 23.7 Å². The van der Waals surface area contributed by atoms with Gasteiger partial charge in [0.2, 0.25) is 5.91 Å². The molecule has 1 atom stereocenters. The van der Waals surface area contributed by atoms with Crippen LogP contribution in [-0.2, 0) is 4.79 Å². The third kappa shape index (κ3) is 3.03. The summed E-state index contributed by atoms with van der Waals surface area (Å²) in [4.78, 5) is 30.1. The van der Waals surface area contributed by atoms with Crippen LogP contribution in [-0.4, -0.2) is 34.8 Å². The molecule has 0 bridgehead atoms. The molecule has 2 amide bonds. The number of nitrogens with one attached hydrogen (secondary N) is 1. The highest BCUT2D eigenvalue weighted by atomic mass is 35.5. The topological polar surface area (TPSA) is 62.3 Å². The molecule has 1 aliphatic rings. The summed E-state index contributed by atoms with van der Waals surface area (Å²) in [6.45, 7) is 0.630. The minimum absolute atomic E-state index is 0.0942. The number of carbonyl (C=O) groups is 2. The Labute approximate surface area is 137 Å². The van der Waals surface area contributed by atoms with Gasteiger partial charge in [-0.2, -0.15) is 0 Å². The number of piperazine rings is 1. The van der Waals surface area contributed by atoms with Gasteiger partial charge in [-0.1, -0.05) is 29.8 Å². The summed E-state index contributed by atoms with van der Waals surface area (Å²) in [5.74, 6) is -1.38. The summed E-state index contributed by atoms with van der Waals surface area (Å²) < 4.78 is 13.3. The van der Waals surface area contributed by atoms with E-state index in [4.69, 9.17) is 11.6 Å². The summed E-state index contributed by atoms with van der Waals surface area (Å²) in [6.07, 6.45) is 2.30. The van der Waals surface area contributed by atoms with Crippen LogP contribution in [0.25, 0.3) is 0 Å². The Bertz CT molecular complexity index is 768. The number of halogens is 2. The minimum Gasteiger partial charge on any atom is -0.352 e. The van der Waals surface area contributed by atoms with Crippen molar-refractivity contribution in [2.24, 2.45) is 0 Å². The summed E-state index contributed by atoms with van der Waals surface area (Å²) >= 11 is 6.17. The van der Waals surface area contributed by atoms with Gasteiger partial charge in [0.15, 0.2) is 0 Å². The number of aromatic nitrogens is 1. The molecule has 0 unspecified atom stereocenters. The molecule has 1 aromatic carbocycles. The van der Waals surface area contributed by atoms with Gasteiger partial charge in [0.05, 0.1) is 11.8 Å². The average Bonchev–Trinajstić information content (AvgIpc) is 2.55. The molecule has 3 rings (SSSR count). The van der Waals surface area contributed by atoms with Gasteiger partial charge in [-0.3, -0.25) is 14.6 Å². The highest BCUT2D eigenvalue weighted by Crippen LogP contribution is 2.30. The number of nitrogens with zero attached hydrogens (tertiary/aromatic N) is 2. The van der Waals surface area contributed by atoms with Crippen LogP contribution in [0.1, 0.15) is 22.0 Å². The standard InChI is InChI=1S/C16H13ClFN3O2/c17-13-4-2-1-3-12(13)14-15(22)20-5-6-21(14)16(23)10-7-11(18)9-19-8-10/h1-4,7-9,14H,5-6H2,(H,20,22)/t14-/m0/s1. The van der Waals surface area contributed by atoms with Gasteiger partial charge in [-0.15, -0.1) is 0 Å². The maximum absolute atomic E-state index is 13.3. The zero-order valence-electron chi connectivity index (χ0n) is 12.0. The predicted molar refractivity (Wildman–Crippen MR) is 82.4 cm³/mol. The molecule has 1 N–H and O–H groups in total. The third-order valence-corrected chi connectivity index (χ3v) is 3.97. The van der Waals surface area contributed by atoms with Crippen molar-refractivity contribution in [1.29, 1.82) is 0 Å². The normalized spacial score (nSPS) is 17.7. The smallest absolute Gasteiger partial charge is 0.256 e. The number of amides is 2. The van der Waals surface area contributed by atoms with E-state index >= 15 is 0 Å². The van der Waals surface area contributed by atoms with Gasteiger partial charge in [-0.25, -0.2) is 4.39 Å². The number of hydrogen-bond acceptors (Lipinski definition) is 3. The largest absolute Gasteiger partial charge is 0.352 e. The fraction of sp³-hybridized carbons (Fsp3) is 0.188. The summed E-state index contributed by atoms with van der Waals surface area (Å²) in [7, 11) is 0. The van der Waals surface area contributed by atoms with E-state index in [1.54, 1.807) is 24.3 Å². The Kier molecular flexibility index (Phi) is 4.25. The second-order valence-corrected chi connectivity index (χ2v) is 5.51. The minimum atomic E-state index is -0.854. The first kappa shape index (κ1) is 15.4. The Morgan fingerprint density at radius 3 is 2.87 bits per heavy atom. The third-order valence-electron chi connectivity index (χ3n) is 3.62. The van der Waals surface area contributed by atoms with Crippen molar-refractivity contribution in [2.75, 3.05) is 13.1 Å². The molecular weight excluding hydrogens is 321 g/mol. The highest BCUT2D eigenvalue weighted by molar-refractivity contribution is 6.31. The molecule has 118 valence electrons. The van der Waals surface area contributed by atoms with Crippen molar-refractivity contribution in [3.8, 4) is 0 Å². The van der Waals surface area contributed by atoms with Gasteiger partial charge >= 0.3 is 0 Å². The lowest BCUT2D eigenvalue weighted by Gasteiger charge is -2.35. The lowest BCUT2D eigenvalue weighted by atomic mass is 10.0. The second-order valence-electron chi connectivity index (χ2n) is 5.11. The molecule has 23 heavy (non-hydrogen) atoms. The molecule has 0 saturated carbocycles. The van der Waals surface area contributed by atoms with E-state index in [1.807, 2.05) is 0 Å². The molecule has 0 spiro atoms. The molecule has 2 aromatic rings. The molecular formula is C16H13ClFN3O2. The number of hydrogen-bond donors (Lipinski definition) is 1. The molecule has 0 aliphatic carbocycles. The van der Waals surface area contributed by atoms with E-state index in [-0.39, 0.29) is 11.5 Å². The van der Waals surface area contributed by atoms with Crippen LogP contribution in [0.4, 0.5) is 4.39 Å². The van der Waals surface area contributed by atoms with Gasteiger partial charge < -0.3 is 10.2 Å². The van der Waals surface area contributed by atoms with Crippen LogP contribution in [0.5, 0.6) is 0 Å². The molecule has 1 aromatic heterocycles. The van der Waals surface area contributed by atoms with Crippen LogP contribution in [0.15, 0.2) is 42.7 Å². The zero-order valence-corrected chi connectivity index (χ0v) is 12.8.